The average Bonchev–Trinajstić information content (AvgIpc) is 3.69. The molecule has 13 nitrogen and oxygen atoms in total. The van der Waals surface area contributed by atoms with Crippen molar-refractivity contribution in [1.82, 2.24) is 25.4 Å². The van der Waals surface area contributed by atoms with E-state index >= 15 is 0 Å². The molecule has 1 aromatic heterocycles. The van der Waals surface area contributed by atoms with Gasteiger partial charge in [0.2, 0.25) is 17.7 Å². The number of nitrogens with one attached hydrogen (secondary N) is 2. The summed E-state index contributed by atoms with van der Waals surface area (Å²) in [5.74, 6) is -1.18. The number of nitrogens with zero attached hydrogens (tertiary/aromatic N) is 4. The van der Waals surface area contributed by atoms with E-state index < -0.39 is 40.5 Å². The number of benzene rings is 2. The topological polar surface area (TPSA) is 171 Å². The third-order valence-electron chi connectivity index (χ3n) is 12.4. The zero-order valence-electron chi connectivity index (χ0n) is 31.7. The molecule has 2 aromatic carbocycles. The minimum atomic E-state index is -0.979. The number of imide groups is 2. The second-order valence-corrected chi connectivity index (χ2v) is 17.2. The zero-order valence-corrected chi connectivity index (χ0v) is 32.4. The Labute approximate surface area is 329 Å². The van der Waals surface area contributed by atoms with Gasteiger partial charge < -0.3 is 14.8 Å². The summed E-state index contributed by atoms with van der Waals surface area (Å²) in [7, 11) is 0. The minimum Gasteiger partial charge on any atom is -0.489 e. The van der Waals surface area contributed by atoms with E-state index in [9.17, 15) is 29.2 Å². The summed E-state index contributed by atoms with van der Waals surface area (Å²) in [6.07, 6.45) is 5.02. The summed E-state index contributed by atoms with van der Waals surface area (Å²) in [4.78, 5) is 72.0. The molecule has 3 aliphatic heterocycles. The average molecular weight is 779 g/mol. The number of aromatic nitrogens is 1. The van der Waals surface area contributed by atoms with Crippen LogP contribution in [0.25, 0.3) is 0 Å². The number of hydrogen-bond acceptors (Lipinski definition) is 10. The summed E-state index contributed by atoms with van der Waals surface area (Å²) in [5, 5.41) is 15.0. The molecule has 14 heteroatoms. The van der Waals surface area contributed by atoms with Gasteiger partial charge in [0, 0.05) is 60.8 Å². The molecule has 1 unspecified atom stereocenters. The van der Waals surface area contributed by atoms with E-state index in [2.05, 4.69) is 54.3 Å². The fourth-order valence-corrected chi connectivity index (χ4v) is 9.96. The van der Waals surface area contributed by atoms with Gasteiger partial charge in [0.1, 0.15) is 30.1 Å². The number of nitriles is 1. The lowest BCUT2D eigenvalue weighted by molar-refractivity contribution is -0.164. The fourth-order valence-electron chi connectivity index (χ4n) is 9.75. The van der Waals surface area contributed by atoms with Crippen LogP contribution in [0.4, 0.5) is 0 Å². The highest BCUT2D eigenvalue weighted by Crippen LogP contribution is 2.55. The molecule has 3 aromatic rings. The number of piperidine rings is 1. The number of rotatable bonds is 8. The van der Waals surface area contributed by atoms with Gasteiger partial charge in [-0.2, -0.15) is 5.26 Å². The number of ether oxygens (including phenoxy) is 2. The first-order valence-electron chi connectivity index (χ1n) is 19.1. The molecule has 56 heavy (non-hydrogen) atoms. The molecule has 2 N–H and O–H groups in total. The number of carbonyl (C=O) groups is 5. The monoisotopic (exact) mass is 778 g/mol. The number of carbonyl (C=O) groups excluding carboxylic acids is 5. The van der Waals surface area contributed by atoms with Crippen LogP contribution in [0.5, 0.6) is 11.6 Å². The van der Waals surface area contributed by atoms with Crippen LogP contribution in [-0.2, 0) is 22.7 Å². The van der Waals surface area contributed by atoms with Gasteiger partial charge in [-0.15, -0.1) is 0 Å². The van der Waals surface area contributed by atoms with Crippen molar-refractivity contribution in [3.63, 3.8) is 0 Å². The van der Waals surface area contributed by atoms with Crippen molar-refractivity contribution in [3.8, 4) is 17.7 Å². The molecule has 2 saturated carbocycles. The largest absolute Gasteiger partial charge is 0.489 e. The Kier molecular flexibility index (Phi) is 9.40. The maximum atomic E-state index is 13.4. The fraction of sp³-hybridized carbons (Fsp3) is 0.452. The Morgan fingerprint density at radius 2 is 1.57 bits per heavy atom. The van der Waals surface area contributed by atoms with Crippen molar-refractivity contribution < 1.29 is 33.4 Å². The van der Waals surface area contributed by atoms with E-state index in [4.69, 9.17) is 21.1 Å². The number of amides is 5. The molecule has 290 valence electrons. The molecule has 1 atom stereocenters. The first-order chi connectivity index (χ1) is 26.6. The molecule has 5 aliphatic rings. The molecule has 1 saturated heterocycles. The summed E-state index contributed by atoms with van der Waals surface area (Å²) in [6, 6.07) is 13.3. The van der Waals surface area contributed by atoms with Crippen LogP contribution in [0.15, 0.2) is 48.7 Å². The standard InChI is InChI=1S/C42H43ClN6O7/c1-41(2)39(42(3,4)40(41)56-28-9-5-22(18-44)31(43)17-28)47-35(51)23-6-14-34(45-19-23)55-27-10-7-26(8-11-27)48-20-24-15-29-30(16-25(24)21-48)38(54)49(37(29)53)32-12-13-33(50)46-36(32)52/h5-6,9,14-17,19,26-27,32,39-40H,7-8,10-13,20-21H2,1-4H3,(H,47,51)(H,46,50,52). The Balaban J connectivity index is 0.821. The third-order valence-corrected chi connectivity index (χ3v) is 12.7. The van der Waals surface area contributed by atoms with Crippen LogP contribution in [0.3, 0.4) is 0 Å². The van der Waals surface area contributed by atoms with E-state index in [1.54, 1.807) is 48.7 Å². The molecule has 8 rings (SSSR count). The molecule has 2 aliphatic carbocycles. The highest BCUT2D eigenvalue weighted by atomic mass is 35.5. The number of hydrogen-bond donors (Lipinski definition) is 2. The number of fused-ring (bicyclic) bond motifs is 2. The molecule has 5 amide bonds. The van der Waals surface area contributed by atoms with E-state index in [1.165, 1.54) is 0 Å². The van der Waals surface area contributed by atoms with E-state index in [1.807, 2.05) is 0 Å². The zero-order chi connectivity index (χ0) is 39.7. The highest BCUT2D eigenvalue weighted by molar-refractivity contribution is 6.31. The molecule has 0 spiro atoms. The van der Waals surface area contributed by atoms with Crippen LogP contribution in [-0.4, -0.2) is 74.7 Å². The van der Waals surface area contributed by atoms with Crippen LogP contribution in [0.2, 0.25) is 5.02 Å². The molecule has 3 fully saturated rings. The second-order valence-electron chi connectivity index (χ2n) is 16.8. The Morgan fingerprint density at radius 1 is 0.911 bits per heavy atom. The molecule has 0 bridgehead atoms. The Bertz CT molecular complexity index is 2150. The summed E-state index contributed by atoms with van der Waals surface area (Å²) < 4.78 is 12.6. The van der Waals surface area contributed by atoms with Gasteiger partial charge in [-0.3, -0.25) is 39.1 Å². The summed E-state index contributed by atoms with van der Waals surface area (Å²) in [6.45, 7) is 9.56. The quantitative estimate of drug-likeness (QED) is 0.285. The van der Waals surface area contributed by atoms with Gasteiger partial charge in [0.25, 0.3) is 17.7 Å². The molecule has 4 heterocycles. The second kappa shape index (κ2) is 14.0. The van der Waals surface area contributed by atoms with Crippen LogP contribution < -0.4 is 20.1 Å². The lowest BCUT2D eigenvalue weighted by atomic mass is 9.49. The van der Waals surface area contributed by atoms with Crippen LogP contribution in [0.1, 0.15) is 114 Å². The van der Waals surface area contributed by atoms with Gasteiger partial charge in [-0.05, 0) is 73.6 Å². The predicted molar refractivity (Wildman–Crippen MR) is 203 cm³/mol. The van der Waals surface area contributed by atoms with Crippen molar-refractivity contribution in [3.05, 3.63) is 87.1 Å². The lowest BCUT2D eigenvalue weighted by Crippen LogP contribution is -2.74. The van der Waals surface area contributed by atoms with E-state index in [0.29, 0.717) is 58.0 Å². The van der Waals surface area contributed by atoms with Crippen molar-refractivity contribution in [2.24, 2.45) is 10.8 Å². The summed E-state index contributed by atoms with van der Waals surface area (Å²) >= 11 is 6.23. The van der Waals surface area contributed by atoms with E-state index in [0.717, 1.165) is 41.7 Å². The first kappa shape index (κ1) is 37.6. The first-order valence-corrected chi connectivity index (χ1v) is 19.4. The van der Waals surface area contributed by atoms with Crippen LogP contribution >= 0.6 is 11.6 Å². The maximum absolute atomic E-state index is 13.4. The SMILES string of the molecule is CC1(C)C(NC(=O)c2ccc(OC3CCC(N4Cc5cc6c(cc5C4)C(=O)N(C4CCC(=O)NC4=O)C6=O)CC3)nc2)C(C)(C)C1Oc1ccc(C#N)c(Cl)c1. The van der Waals surface area contributed by atoms with Crippen molar-refractivity contribution in [2.45, 2.75) is 110 Å². The van der Waals surface area contributed by atoms with Crippen molar-refractivity contribution in [1.29, 1.82) is 5.26 Å². The number of pyridine rings is 1. The Morgan fingerprint density at radius 3 is 2.14 bits per heavy atom. The number of halogens is 1. The maximum Gasteiger partial charge on any atom is 0.262 e. The van der Waals surface area contributed by atoms with Crippen molar-refractivity contribution >= 4 is 41.1 Å². The smallest absolute Gasteiger partial charge is 0.262 e. The van der Waals surface area contributed by atoms with E-state index in [-0.39, 0.29) is 37.0 Å². The Hall–Kier alpha value is -5.32. The molecule has 0 radical (unpaired) electrons. The third kappa shape index (κ3) is 6.48. The molecular formula is C42H43ClN6O7. The lowest BCUT2D eigenvalue weighted by Gasteiger charge is -2.63. The minimum absolute atomic E-state index is 0.0137. The predicted octanol–water partition coefficient (Wildman–Crippen LogP) is 5.33. The van der Waals surface area contributed by atoms with Gasteiger partial charge >= 0.3 is 0 Å². The summed E-state index contributed by atoms with van der Waals surface area (Å²) in [5.41, 5.74) is 2.67. The normalized spacial score (nSPS) is 26.4. The van der Waals surface area contributed by atoms with Gasteiger partial charge in [-0.25, -0.2) is 4.98 Å². The van der Waals surface area contributed by atoms with Gasteiger partial charge in [0.05, 0.1) is 27.3 Å². The van der Waals surface area contributed by atoms with Gasteiger partial charge in [0.15, 0.2) is 0 Å². The van der Waals surface area contributed by atoms with Crippen molar-refractivity contribution in [2.75, 3.05) is 0 Å². The van der Waals surface area contributed by atoms with Gasteiger partial charge in [-0.1, -0.05) is 39.3 Å². The highest BCUT2D eigenvalue weighted by Gasteiger charge is 2.64. The van der Waals surface area contributed by atoms with Crippen LogP contribution in [0, 0.1) is 22.2 Å². The molecular weight excluding hydrogens is 736 g/mol.